The first-order valence-corrected chi connectivity index (χ1v) is 35.9. The van der Waals surface area contributed by atoms with Crippen molar-refractivity contribution in [1.29, 1.82) is 0 Å². The molecule has 9 heteroatoms. The Bertz CT molecular complexity index is 1030. The van der Waals surface area contributed by atoms with E-state index < -0.39 is 0 Å². The summed E-state index contributed by atoms with van der Waals surface area (Å²) in [5, 5.41) is 0. The van der Waals surface area contributed by atoms with E-state index in [2.05, 4.69) is 27.7 Å². The van der Waals surface area contributed by atoms with Crippen molar-refractivity contribution >= 4 is 84.7 Å². The Kier molecular flexibility index (Phi) is 92.9. The zero-order valence-corrected chi connectivity index (χ0v) is 57.4. The van der Waals surface area contributed by atoms with Crippen molar-refractivity contribution in [2.45, 2.75) is 439 Å². The fourth-order valence-corrected chi connectivity index (χ4v) is 11.0. The third-order valence-electron chi connectivity index (χ3n) is 16.4. The molecule has 0 aliphatic carbocycles. The van der Waals surface area contributed by atoms with E-state index in [1.165, 1.54) is 334 Å². The average Bonchev–Trinajstić information content (AvgIpc) is 3.43. The van der Waals surface area contributed by atoms with Gasteiger partial charge in [0, 0.05) is 45.2 Å². The third-order valence-corrected chi connectivity index (χ3v) is 16.4. The normalized spacial score (nSPS) is 10.8. The van der Waals surface area contributed by atoms with E-state index in [9.17, 15) is 19.2 Å². The van der Waals surface area contributed by atoms with Gasteiger partial charge in [-0.1, -0.05) is 387 Å². The molecule has 0 amide bonds. The van der Waals surface area contributed by atoms with Crippen LogP contribution in [0.2, 0.25) is 0 Å². The largest absolute Gasteiger partial charge is 0.316 e. The van der Waals surface area contributed by atoms with Gasteiger partial charge in [0.2, 0.25) is 0 Å². The van der Waals surface area contributed by atoms with E-state index in [1.807, 2.05) is 0 Å². The van der Waals surface area contributed by atoms with Gasteiger partial charge in [0.25, 0.3) is 0 Å². The Morgan fingerprint density at radius 3 is 0.370 bits per heavy atom. The summed E-state index contributed by atoms with van der Waals surface area (Å²) in [4.78, 5) is 47.6. The van der Waals surface area contributed by atoms with Crippen LogP contribution in [0.15, 0.2) is 0 Å². The number of carbonyl (C=O) groups is 4. The number of hydrogen-bond acceptors (Lipinski definition) is 6. The smallest absolute Gasteiger partial charge is 0 e. The zero-order valence-electron chi connectivity index (χ0n) is 54.4. The first kappa shape index (κ1) is 90.7. The van der Waals surface area contributed by atoms with Crippen LogP contribution in [0.5, 0.6) is 0 Å². The second-order valence-electron chi connectivity index (χ2n) is 24.5. The molecule has 0 saturated carbocycles. The van der Waals surface area contributed by atoms with Crippen molar-refractivity contribution in [1.82, 2.24) is 0 Å². The molecule has 0 aromatic carbocycles. The Hall–Kier alpha value is 0.929. The third kappa shape index (κ3) is 85.2. The van der Waals surface area contributed by atoms with Crippen LogP contribution in [-0.2, 0) is 48.1 Å². The Morgan fingerprint density at radius 1 is 0.185 bits per heavy atom. The number of esters is 4. The molecule has 0 aliphatic rings. The van der Waals surface area contributed by atoms with Gasteiger partial charge in [-0.15, -0.1) is 0 Å². The van der Waals surface area contributed by atoms with Gasteiger partial charge in [-0.3, -0.25) is 19.2 Å². The molecule has 81 heavy (non-hydrogen) atoms. The van der Waals surface area contributed by atoms with Gasteiger partial charge in [-0.2, -0.15) is 0 Å². The van der Waals surface area contributed by atoms with E-state index >= 15 is 0 Å². The summed E-state index contributed by atoms with van der Waals surface area (Å²) >= 11 is 0. The Labute approximate surface area is 566 Å². The first-order valence-electron chi connectivity index (χ1n) is 35.9. The predicted molar refractivity (Wildman–Crippen MR) is 357 cm³/mol. The van der Waals surface area contributed by atoms with Crippen LogP contribution in [0.25, 0.3) is 0 Å². The molecule has 0 aliphatic heterocycles. The molecular formula is C72H144CaMgO6Zn. The number of unbranched alkanes of at least 4 members (excludes halogenated alkanes) is 56. The second-order valence-corrected chi connectivity index (χ2v) is 24.5. The van der Waals surface area contributed by atoms with E-state index in [-0.39, 0.29) is 104 Å². The van der Waals surface area contributed by atoms with E-state index in [1.54, 1.807) is 0 Å². The van der Waals surface area contributed by atoms with Crippen molar-refractivity contribution in [3.05, 3.63) is 0 Å². The van der Waals surface area contributed by atoms with Crippen molar-refractivity contribution in [2.75, 3.05) is 0 Å². The average molecular weight is 1240 g/mol. The molecule has 0 radical (unpaired) electrons. The van der Waals surface area contributed by atoms with Crippen molar-refractivity contribution in [3.63, 3.8) is 0 Å². The Balaban J connectivity index is -0.000000458. The van der Waals surface area contributed by atoms with Crippen molar-refractivity contribution in [3.8, 4) is 0 Å². The topological polar surface area (TPSA) is 86.7 Å². The molecule has 0 bridgehead atoms. The van der Waals surface area contributed by atoms with E-state index in [0.717, 1.165) is 51.4 Å². The molecule has 474 valence electrons. The first-order chi connectivity index (χ1) is 38.4. The van der Waals surface area contributed by atoms with Crippen LogP contribution >= 0.6 is 0 Å². The minimum atomic E-state index is -0.323. The van der Waals surface area contributed by atoms with Gasteiger partial charge in [0.1, 0.15) is 0 Å². The molecule has 0 spiro atoms. The van der Waals surface area contributed by atoms with E-state index in [4.69, 9.17) is 9.47 Å². The predicted octanol–water partition coefficient (Wildman–Crippen LogP) is 23.3. The second kappa shape index (κ2) is 83.0. The number of rotatable bonds is 64. The fraction of sp³-hybridized carbons (Fsp3) is 0.944. The SMILES string of the molecule is CCCCCCCCCCCCCCCCCC(=O)OC(=O)CCCCCCCCCCCCCCCCC.CCCCCCCCCCCCCCCCCC(=O)OC(=O)CCCCCCCCCCCCCCCCC.[CaH2].[MgH2].[Zn]. The van der Waals surface area contributed by atoms with Crippen molar-refractivity contribution in [2.24, 2.45) is 0 Å². The molecule has 0 unspecified atom stereocenters. The summed E-state index contributed by atoms with van der Waals surface area (Å²) in [7, 11) is 0. The van der Waals surface area contributed by atoms with Gasteiger partial charge < -0.3 is 9.47 Å². The summed E-state index contributed by atoms with van der Waals surface area (Å²) in [6.07, 6.45) is 80.2. The quantitative estimate of drug-likeness (QED) is 0.0261. The summed E-state index contributed by atoms with van der Waals surface area (Å²) in [5.74, 6) is -1.29. The van der Waals surface area contributed by atoms with Gasteiger partial charge in [0.15, 0.2) is 0 Å². The molecule has 0 aromatic heterocycles. The zero-order chi connectivity index (χ0) is 57.0. The minimum Gasteiger partial charge on any atom is 0 e. The standard InChI is InChI=1S/2C36H70O3.Ca.Mg.Zn.4H/c2*1-3-5-7-9-11-13-15-17-19-21-23-25-27-29-31-33-35(37)39-36(38)34-32-30-28-26-24-22-20-18-16-14-12-10-8-6-4-2;;;;;;;/h2*3-34H2,1-2H3;;;;;;;. The molecule has 0 N–H and O–H groups in total. The van der Waals surface area contributed by atoms with E-state index in [0.29, 0.717) is 25.7 Å². The summed E-state index contributed by atoms with van der Waals surface area (Å²) in [6, 6.07) is 0. The van der Waals surface area contributed by atoms with Crippen LogP contribution in [0.3, 0.4) is 0 Å². The van der Waals surface area contributed by atoms with Gasteiger partial charge >= 0.3 is 84.7 Å². The van der Waals surface area contributed by atoms with Crippen LogP contribution in [0, 0.1) is 0 Å². The summed E-state index contributed by atoms with van der Waals surface area (Å²) in [5.41, 5.74) is 0. The van der Waals surface area contributed by atoms with Crippen molar-refractivity contribution < 1.29 is 48.1 Å². The minimum absolute atomic E-state index is 0. The molecule has 0 fully saturated rings. The van der Waals surface area contributed by atoms with Crippen LogP contribution in [-0.4, -0.2) is 84.7 Å². The molecular weight excluding hydrogens is 1090 g/mol. The molecule has 0 aromatic rings. The van der Waals surface area contributed by atoms with Crippen LogP contribution < -0.4 is 0 Å². The number of ether oxygens (including phenoxy) is 2. The molecule has 0 heterocycles. The van der Waals surface area contributed by atoms with Gasteiger partial charge in [-0.25, -0.2) is 0 Å². The van der Waals surface area contributed by atoms with Crippen LogP contribution in [0.4, 0.5) is 0 Å². The van der Waals surface area contributed by atoms with Crippen LogP contribution in [0.1, 0.15) is 439 Å². The maximum Gasteiger partial charge on any atom is 0.316 e. The summed E-state index contributed by atoms with van der Waals surface area (Å²) in [6.45, 7) is 9.11. The van der Waals surface area contributed by atoms with Gasteiger partial charge in [-0.05, 0) is 25.7 Å². The maximum absolute atomic E-state index is 11.9. The number of carbonyl (C=O) groups excluding carboxylic acids is 4. The molecule has 6 nitrogen and oxygen atoms in total. The molecule has 0 atom stereocenters. The number of hydrogen-bond donors (Lipinski definition) is 0. The maximum atomic E-state index is 11.9. The fourth-order valence-electron chi connectivity index (χ4n) is 11.0. The monoisotopic (exact) mass is 1230 g/mol. The molecule has 0 rings (SSSR count). The summed E-state index contributed by atoms with van der Waals surface area (Å²) < 4.78 is 10.0. The van der Waals surface area contributed by atoms with Gasteiger partial charge in [0.05, 0.1) is 0 Å². The molecule has 0 saturated heterocycles. The Morgan fingerprint density at radius 2 is 0.272 bits per heavy atom.